The molecule has 4 rings (SSSR count). The van der Waals surface area contributed by atoms with Crippen molar-refractivity contribution in [3.05, 3.63) is 60.6 Å². The molecule has 1 unspecified atom stereocenters. The molecule has 1 aliphatic rings. The van der Waals surface area contributed by atoms with Crippen LogP contribution in [-0.2, 0) is 9.84 Å². The molecule has 0 radical (unpaired) electrons. The molecule has 1 saturated heterocycles. The summed E-state index contributed by atoms with van der Waals surface area (Å²) in [5.41, 5.74) is 1.56. The first-order chi connectivity index (χ1) is 12.5. The Bertz CT molecular complexity index is 1020. The lowest BCUT2D eigenvalue weighted by molar-refractivity contribution is 0.0995. The molecule has 1 aromatic carbocycles. The zero-order valence-electron chi connectivity index (χ0n) is 13.8. The van der Waals surface area contributed by atoms with E-state index in [1.807, 2.05) is 30.3 Å². The summed E-state index contributed by atoms with van der Waals surface area (Å²) in [7, 11) is -3.08. The van der Waals surface area contributed by atoms with E-state index < -0.39 is 15.7 Å². The van der Waals surface area contributed by atoms with Gasteiger partial charge in [-0.2, -0.15) is 5.10 Å². The van der Waals surface area contributed by atoms with Crippen LogP contribution in [0.25, 0.3) is 11.3 Å². The quantitative estimate of drug-likeness (QED) is 0.761. The number of carbonyl (C=O) groups is 1. The SMILES string of the molecule is O=C(Nc1cc(-c2ccccc2)nn1C1CCS(=O)(=O)C1)c1ccco1. The summed E-state index contributed by atoms with van der Waals surface area (Å²) in [6, 6.07) is 14.2. The van der Waals surface area contributed by atoms with Crippen LogP contribution in [0.1, 0.15) is 23.0 Å². The second-order valence-electron chi connectivity index (χ2n) is 6.21. The van der Waals surface area contributed by atoms with Crippen LogP contribution >= 0.6 is 0 Å². The Labute approximate surface area is 150 Å². The highest BCUT2D eigenvalue weighted by atomic mass is 32.2. The van der Waals surface area contributed by atoms with E-state index in [9.17, 15) is 13.2 Å². The highest BCUT2D eigenvalue weighted by Gasteiger charge is 2.32. The molecule has 26 heavy (non-hydrogen) atoms. The van der Waals surface area contributed by atoms with Crippen LogP contribution < -0.4 is 5.32 Å². The molecule has 3 heterocycles. The van der Waals surface area contributed by atoms with E-state index in [4.69, 9.17) is 4.42 Å². The summed E-state index contributed by atoms with van der Waals surface area (Å²) in [5, 5.41) is 7.35. The molecular weight excluding hydrogens is 354 g/mol. The van der Waals surface area contributed by atoms with Crippen molar-refractivity contribution in [2.24, 2.45) is 0 Å². The maximum atomic E-state index is 12.4. The van der Waals surface area contributed by atoms with Gasteiger partial charge in [-0.15, -0.1) is 0 Å². The second kappa shape index (κ2) is 6.45. The predicted molar refractivity (Wildman–Crippen MR) is 96.6 cm³/mol. The first kappa shape index (κ1) is 16.6. The third-order valence-corrected chi connectivity index (χ3v) is 6.10. The highest BCUT2D eigenvalue weighted by Crippen LogP contribution is 2.30. The van der Waals surface area contributed by atoms with E-state index in [0.29, 0.717) is 17.9 Å². The number of carbonyl (C=O) groups excluding carboxylic acids is 1. The molecule has 1 aliphatic heterocycles. The van der Waals surface area contributed by atoms with Gasteiger partial charge in [-0.25, -0.2) is 13.1 Å². The standard InChI is InChI=1S/C18H17N3O4S/c22-18(16-7-4-9-25-16)19-17-11-15(13-5-2-1-3-6-13)20-21(17)14-8-10-26(23,24)12-14/h1-7,9,11,14H,8,10,12H2,(H,19,22). The summed E-state index contributed by atoms with van der Waals surface area (Å²) >= 11 is 0. The van der Waals surface area contributed by atoms with Crippen molar-refractivity contribution in [1.29, 1.82) is 0 Å². The van der Waals surface area contributed by atoms with Gasteiger partial charge in [-0.3, -0.25) is 4.79 Å². The molecule has 3 aromatic rings. The predicted octanol–water partition coefficient (Wildman–Crippen LogP) is 2.76. The third-order valence-electron chi connectivity index (χ3n) is 4.35. The molecule has 1 atom stereocenters. The van der Waals surface area contributed by atoms with Crippen LogP contribution in [0.15, 0.2) is 59.2 Å². The maximum Gasteiger partial charge on any atom is 0.292 e. The largest absolute Gasteiger partial charge is 0.459 e. The van der Waals surface area contributed by atoms with Crippen molar-refractivity contribution < 1.29 is 17.6 Å². The number of anilines is 1. The van der Waals surface area contributed by atoms with Gasteiger partial charge in [0.2, 0.25) is 0 Å². The smallest absolute Gasteiger partial charge is 0.292 e. The van der Waals surface area contributed by atoms with Gasteiger partial charge in [-0.05, 0) is 18.6 Å². The summed E-state index contributed by atoms with van der Waals surface area (Å²) in [6.45, 7) is 0. The maximum absolute atomic E-state index is 12.4. The molecular formula is C18H17N3O4S. The fraction of sp³-hybridized carbons (Fsp3) is 0.222. The number of furan rings is 1. The van der Waals surface area contributed by atoms with Crippen LogP contribution in [0.4, 0.5) is 5.82 Å². The third kappa shape index (κ3) is 3.28. The van der Waals surface area contributed by atoms with Crippen LogP contribution in [-0.4, -0.2) is 35.6 Å². The molecule has 1 N–H and O–H groups in total. The Morgan fingerprint density at radius 3 is 2.65 bits per heavy atom. The van der Waals surface area contributed by atoms with Gasteiger partial charge in [0.1, 0.15) is 5.82 Å². The fourth-order valence-electron chi connectivity index (χ4n) is 3.07. The minimum absolute atomic E-state index is 0.0204. The van der Waals surface area contributed by atoms with Gasteiger partial charge < -0.3 is 9.73 Å². The van der Waals surface area contributed by atoms with E-state index in [2.05, 4.69) is 10.4 Å². The molecule has 134 valence electrons. The molecule has 0 bridgehead atoms. The van der Waals surface area contributed by atoms with Crippen molar-refractivity contribution in [3.63, 3.8) is 0 Å². The van der Waals surface area contributed by atoms with E-state index in [0.717, 1.165) is 5.56 Å². The Kier molecular flexibility index (Phi) is 4.12. The first-order valence-electron chi connectivity index (χ1n) is 8.22. The molecule has 0 saturated carbocycles. The van der Waals surface area contributed by atoms with Crippen LogP contribution in [0, 0.1) is 0 Å². The Morgan fingerprint density at radius 1 is 1.19 bits per heavy atom. The van der Waals surface area contributed by atoms with Gasteiger partial charge in [0.15, 0.2) is 15.6 Å². The minimum atomic E-state index is -3.08. The monoisotopic (exact) mass is 371 g/mol. The Hall–Kier alpha value is -2.87. The van der Waals surface area contributed by atoms with E-state index >= 15 is 0 Å². The number of aromatic nitrogens is 2. The zero-order valence-corrected chi connectivity index (χ0v) is 14.6. The summed E-state index contributed by atoms with van der Waals surface area (Å²) in [4.78, 5) is 12.4. The van der Waals surface area contributed by atoms with Crippen LogP contribution in [0.2, 0.25) is 0 Å². The number of amides is 1. The second-order valence-corrected chi connectivity index (χ2v) is 8.44. The van der Waals surface area contributed by atoms with Crippen LogP contribution in [0.3, 0.4) is 0 Å². The van der Waals surface area contributed by atoms with Crippen molar-refractivity contribution in [3.8, 4) is 11.3 Å². The lowest BCUT2D eigenvalue weighted by Gasteiger charge is -2.13. The van der Waals surface area contributed by atoms with Crippen molar-refractivity contribution in [2.75, 3.05) is 16.8 Å². The molecule has 7 nitrogen and oxygen atoms in total. The number of benzene rings is 1. The number of nitrogens with one attached hydrogen (secondary N) is 1. The average Bonchev–Trinajstić information content (AvgIpc) is 3.35. The normalized spacial score (nSPS) is 18.7. The lowest BCUT2D eigenvalue weighted by atomic mass is 10.1. The van der Waals surface area contributed by atoms with Crippen molar-refractivity contribution >= 4 is 21.6 Å². The highest BCUT2D eigenvalue weighted by molar-refractivity contribution is 7.91. The number of rotatable bonds is 4. The summed E-state index contributed by atoms with van der Waals surface area (Å²) in [6.07, 6.45) is 1.90. The minimum Gasteiger partial charge on any atom is -0.459 e. The first-order valence-corrected chi connectivity index (χ1v) is 10.0. The number of hydrogen-bond acceptors (Lipinski definition) is 5. The lowest BCUT2D eigenvalue weighted by Crippen LogP contribution is -2.19. The topological polar surface area (TPSA) is 94.2 Å². The molecule has 8 heteroatoms. The Balaban J connectivity index is 1.71. The number of nitrogens with zero attached hydrogens (tertiary/aromatic N) is 2. The molecule has 0 spiro atoms. The number of hydrogen-bond donors (Lipinski definition) is 1. The molecule has 1 fully saturated rings. The van der Waals surface area contributed by atoms with E-state index in [1.54, 1.807) is 22.9 Å². The van der Waals surface area contributed by atoms with Crippen LogP contribution in [0.5, 0.6) is 0 Å². The fourth-order valence-corrected chi connectivity index (χ4v) is 4.76. The average molecular weight is 371 g/mol. The number of sulfone groups is 1. The van der Waals surface area contributed by atoms with Gasteiger partial charge in [0.25, 0.3) is 5.91 Å². The van der Waals surface area contributed by atoms with Gasteiger partial charge in [0, 0.05) is 11.6 Å². The summed E-state index contributed by atoms with van der Waals surface area (Å²) in [5.74, 6) is 0.373. The van der Waals surface area contributed by atoms with E-state index in [-0.39, 0.29) is 23.3 Å². The molecule has 0 aliphatic carbocycles. The molecule has 2 aromatic heterocycles. The zero-order chi connectivity index (χ0) is 18.1. The molecule has 1 amide bonds. The van der Waals surface area contributed by atoms with Gasteiger partial charge >= 0.3 is 0 Å². The van der Waals surface area contributed by atoms with Gasteiger partial charge in [0.05, 0.1) is 29.5 Å². The van der Waals surface area contributed by atoms with E-state index in [1.165, 1.54) is 6.26 Å². The van der Waals surface area contributed by atoms with Crippen molar-refractivity contribution in [2.45, 2.75) is 12.5 Å². The van der Waals surface area contributed by atoms with Gasteiger partial charge in [-0.1, -0.05) is 30.3 Å². The van der Waals surface area contributed by atoms with Crippen molar-refractivity contribution in [1.82, 2.24) is 9.78 Å². The summed E-state index contributed by atoms with van der Waals surface area (Å²) < 4.78 is 30.5. The Morgan fingerprint density at radius 2 is 2.00 bits per heavy atom.